The standard InChI is InChI=1S/C27H30N6O.C2H5.Y/c34-27(21-32(17-23-9-1-5-13-28-23)18-24-10-2-6-14-29-24)22-33(19-25-11-3-7-15-30-25)20-26-12-4-8-16-31-26;1-2;/h1-16,27,34H,17-22H2;1H2,2H3;/q;-1;. The molecule has 0 saturated heterocycles. The van der Waals surface area contributed by atoms with E-state index in [1.54, 1.807) is 31.7 Å². The third-order valence-electron chi connectivity index (χ3n) is 5.38. The molecule has 37 heavy (non-hydrogen) atoms. The summed E-state index contributed by atoms with van der Waals surface area (Å²) in [6, 6.07) is 23.6. The average molecular weight is 573 g/mol. The minimum absolute atomic E-state index is 0. The molecule has 4 heterocycles. The van der Waals surface area contributed by atoms with Crippen LogP contribution < -0.4 is 0 Å². The molecule has 0 aliphatic rings. The van der Waals surface area contributed by atoms with Crippen LogP contribution in [0.5, 0.6) is 0 Å². The number of aliphatic hydroxyl groups is 1. The fourth-order valence-electron chi connectivity index (χ4n) is 3.91. The summed E-state index contributed by atoms with van der Waals surface area (Å²) >= 11 is 0. The molecule has 0 spiro atoms. The molecule has 4 aromatic rings. The number of hydrogen-bond donors (Lipinski definition) is 1. The first kappa shape index (κ1) is 30.8. The molecule has 0 bridgehead atoms. The quantitative estimate of drug-likeness (QED) is 0.256. The van der Waals surface area contributed by atoms with Crippen molar-refractivity contribution < 1.29 is 37.8 Å². The zero-order chi connectivity index (χ0) is 25.4. The topological polar surface area (TPSA) is 78.3 Å². The third kappa shape index (κ3) is 11.7. The Kier molecular flexibility index (Phi) is 14.9. The van der Waals surface area contributed by atoms with Crippen LogP contribution >= 0.6 is 0 Å². The van der Waals surface area contributed by atoms with E-state index in [4.69, 9.17) is 0 Å². The van der Waals surface area contributed by atoms with Gasteiger partial charge < -0.3 is 12.0 Å². The Balaban J connectivity index is 0.00000157. The van der Waals surface area contributed by atoms with Crippen molar-refractivity contribution in [3.05, 3.63) is 127 Å². The Hall–Kier alpha value is -2.42. The molecule has 0 atom stereocenters. The SMILES string of the molecule is OC(CN(Cc1ccccn1)Cc1ccccn1)CN(Cc1ccccn1)Cc1ccccn1.[CH2-]C.[Y]. The van der Waals surface area contributed by atoms with Crippen LogP contribution in [0.4, 0.5) is 0 Å². The predicted molar refractivity (Wildman–Crippen MR) is 142 cm³/mol. The average Bonchev–Trinajstić information content (AvgIpc) is 2.92. The number of aromatic nitrogens is 4. The number of aliphatic hydroxyl groups excluding tert-OH is 1. The molecule has 4 aromatic heterocycles. The minimum Gasteiger partial charge on any atom is -0.390 e. The van der Waals surface area contributed by atoms with Crippen LogP contribution in [-0.2, 0) is 58.9 Å². The normalized spacial score (nSPS) is 10.6. The van der Waals surface area contributed by atoms with Crippen molar-refractivity contribution in [3.8, 4) is 0 Å². The molecule has 191 valence electrons. The first-order chi connectivity index (χ1) is 17.7. The molecule has 4 rings (SSSR count). The largest absolute Gasteiger partial charge is 0.390 e. The summed E-state index contributed by atoms with van der Waals surface area (Å²) in [6.07, 6.45) is 6.62. The van der Waals surface area contributed by atoms with Gasteiger partial charge in [-0.05, 0) is 48.5 Å². The van der Waals surface area contributed by atoms with E-state index in [2.05, 4.69) is 36.7 Å². The first-order valence-corrected chi connectivity index (χ1v) is 12.2. The van der Waals surface area contributed by atoms with Crippen molar-refractivity contribution in [2.75, 3.05) is 13.1 Å². The van der Waals surface area contributed by atoms with Gasteiger partial charge in [-0.2, -0.15) is 6.92 Å². The van der Waals surface area contributed by atoms with Gasteiger partial charge in [-0.25, -0.2) is 0 Å². The van der Waals surface area contributed by atoms with Crippen LogP contribution in [0.3, 0.4) is 0 Å². The molecule has 0 amide bonds. The molecule has 8 heteroatoms. The maximum Gasteiger partial charge on any atom is 0.0794 e. The van der Waals surface area contributed by atoms with Gasteiger partial charge in [0.15, 0.2) is 0 Å². The smallest absolute Gasteiger partial charge is 0.0794 e. The molecule has 0 fully saturated rings. The summed E-state index contributed by atoms with van der Waals surface area (Å²) in [5.74, 6) is 0. The van der Waals surface area contributed by atoms with Gasteiger partial charge in [0.05, 0.1) is 28.9 Å². The Labute approximate surface area is 245 Å². The van der Waals surface area contributed by atoms with E-state index in [1.807, 2.05) is 72.8 Å². The Morgan fingerprint density at radius 1 is 0.568 bits per heavy atom. The molecular weight excluding hydrogens is 537 g/mol. The van der Waals surface area contributed by atoms with Crippen LogP contribution in [-0.4, -0.2) is 54.0 Å². The second kappa shape index (κ2) is 17.9. The van der Waals surface area contributed by atoms with Crippen LogP contribution in [0.2, 0.25) is 0 Å². The molecule has 7 nitrogen and oxygen atoms in total. The molecule has 0 aliphatic carbocycles. The summed E-state index contributed by atoms with van der Waals surface area (Å²) in [5, 5.41) is 11.1. The van der Waals surface area contributed by atoms with Crippen LogP contribution in [0.15, 0.2) is 97.6 Å². The maximum atomic E-state index is 11.1. The zero-order valence-corrected chi connectivity index (χ0v) is 24.3. The van der Waals surface area contributed by atoms with Crippen molar-refractivity contribution in [3.63, 3.8) is 0 Å². The van der Waals surface area contributed by atoms with Gasteiger partial charge in [0, 0.05) is 96.8 Å². The van der Waals surface area contributed by atoms with Crippen molar-refractivity contribution >= 4 is 0 Å². The van der Waals surface area contributed by atoms with E-state index in [1.165, 1.54) is 0 Å². The van der Waals surface area contributed by atoms with Crippen LogP contribution in [0, 0.1) is 6.92 Å². The van der Waals surface area contributed by atoms with Crippen molar-refractivity contribution in [2.24, 2.45) is 0 Å². The monoisotopic (exact) mass is 572 g/mol. The summed E-state index contributed by atoms with van der Waals surface area (Å²) < 4.78 is 0. The van der Waals surface area contributed by atoms with E-state index in [0.29, 0.717) is 39.3 Å². The fraction of sp³-hybridized carbons (Fsp3) is 0.276. The van der Waals surface area contributed by atoms with Crippen molar-refractivity contribution in [1.82, 2.24) is 29.7 Å². The molecular formula is C29H35N6OY-. The molecule has 0 unspecified atom stereocenters. The number of rotatable bonds is 12. The van der Waals surface area contributed by atoms with Crippen molar-refractivity contribution in [1.29, 1.82) is 0 Å². The van der Waals surface area contributed by atoms with Gasteiger partial charge in [0.1, 0.15) is 0 Å². The predicted octanol–water partition coefficient (Wildman–Crippen LogP) is 4.17. The van der Waals surface area contributed by atoms with E-state index >= 15 is 0 Å². The molecule has 0 aromatic carbocycles. The molecule has 1 N–H and O–H groups in total. The number of pyridine rings is 4. The van der Waals surface area contributed by atoms with E-state index in [-0.39, 0.29) is 32.7 Å². The van der Waals surface area contributed by atoms with Crippen LogP contribution in [0.1, 0.15) is 29.7 Å². The van der Waals surface area contributed by atoms with E-state index in [9.17, 15) is 5.11 Å². The molecule has 1 radical (unpaired) electrons. The summed E-state index contributed by atoms with van der Waals surface area (Å²) in [6.45, 7) is 8.52. The second-order valence-electron chi connectivity index (χ2n) is 8.28. The van der Waals surface area contributed by atoms with Crippen LogP contribution in [0.25, 0.3) is 0 Å². The van der Waals surface area contributed by atoms with Gasteiger partial charge in [-0.15, -0.1) is 0 Å². The van der Waals surface area contributed by atoms with Crippen molar-refractivity contribution in [2.45, 2.75) is 39.2 Å². The number of hydrogen-bond acceptors (Lipinski definition) is 7. The van der Waals surface area contributed by atoms with Gasteiger partial charge in [0.2, 0.25) is 0 Å². The third-order valence-corrected chi connectivity index (χ3v) is 5.38. The Morgan fingerprint density at radius 2 is 0.838 bits per heavy atom. The Morgan fingerprint density at radius 3 is 1.05 bits per heavy atom. The summed E-state index contributed by atoms with van der Waals surface area (Å²) in [7, 11) is 0. The summed E-state index contributed by atoms with van der Waals surface area (Å²) in [5.41, 5.74) is 3.85. The minimum atomic E-state index is -0.570. The van der Waals surface area contributed by atoms with Gasteiger partial charge in [0.25, 0.3) is 0 Å². The fourth-order valence-corrected chi connectivity index (χ4v) is 3.91. The number of nitrogens with zero attached hydrogens (tertiary/aromatic N) is 6. The zero-order valence-electron chi connectivity index (χ0n) is 21.5. The van der Waals surface area contributed by atoms with E-state index < -0.39 is 6.10 Å². The van der Waals surface area contributed by atoms with Gasteiger partial charge >= 0.3 is 0 Å². The molecule has 0 saturated carbocycles. The second-order valence-corrected chi connectivity index (χ2v) is 8.28. The van der Waals surface area contributed by atoms with E-state index in [0.717, 1.165) is 22.8 Å². The summed E-state index contributed by atoms with van der Waals surface area (Å²) in [4.78, 5) is 22.3. The maximum absolute atomic E-state index is 11.1. The van der Waals surface area contributed by atoms with Gasteiger partial charge in [-0.3, -0.25) is 29.7 Å². The first-order valence-electron chi connectivity index (χ1n) is 12.2. The van der Waals surface area contributed by atoms with Gasteiger partial charge in [-0.1, -0.05) is 24.3 Å². The molecule has 0 aliphatic heterocycles. The Bertz CT molecular complexity index is 918.